The Morgan fingerprint density at radius 2 is 2.06 bits per heavy atom. The first-order valence-electron chi connectivity index (χ1n) is 5.95. The van der Waals surface area contributed by atoms with Crippen LogP contribution in [0.1, 0.15) is 31.0 Å². The molecule has 0 aliphatic carbocycles. The Hall–Kier alpha value is -0.870. The fraction of sp³-hybridized carbons (Fsp3) is 0.538. The van der Waals surface area contributed by atoms with Crippen LogP contribution in [0.4, 0.5) is 0 Å². The van der Waals surface area contributed by atoms with E-state index in [1.54, 1.807) is 6.92 Å². The Bertz CT molecular complexity index is 454. The average Bonchev–Trinajstić information content (AvgIpc) is 2.28. The topological polar surface area (TPSA) is 46.2 Å². The van der Waals surface area contributed by atoms with Crippen LogP contribution in [0.15, 0.2) is 24.3 Å². The second-order valence-corrected chi connectivity index (χ2v) is 6.80. The second-order valence-electron chi connectivity index (χ2n) is 4.33. The molecule has 0 bridgehead atoms. The molecule has 1 rings (SSSR count). The van der Waals surface area contributed by atoms with Crippen molar-refractivity contribution in [2.45, 2.75) is 26.8 Å². The molecule has 1 atom stereocenters. The zero-order valence-electron chi connectivity index (χ0n) is 10.7. The molecular formula is C13H21NO2S. The van der Waals surface area contributed by atoms with Gasteiger partial charge < -0.3 is 5.32 Å². The van der Waals surface area contributed by atoms with Crippen molar-refractivity contribution in [1.82, 2.24) is 5.32 Å². The molecule has 4 heteroatoms. The Morgan fingerprint density at radius 3 is 2.65 bits per heavy atom. The maximum Gasteiger partial charge on any atom is 0.151 e. The van der Waals surface area contributed by atoms with Crippen LogP contribution in [0.25, 0.3) is 0 Å². The van der Waals surface area contributed by atoms with Crippen LogP contribution in [-0.2, 0) is 9.84 Å². The van der Waals surface area contributed by atoms with Crippen LogP contribution in [0.3, 0.4) is 0 Å². The molecule has 0 aliphatic rings. The van der Waals surface area contributed by atoms with E-state index in [4.69, 9.17) is 0 Å². The van der Waals surface area contributed by atoms with Gasteiger partial charge in [0.05, 0.1) is 5.75 Å². The average molecular weight is 255 g/mol. The van der Waals surface area contributed by atoms with Crippen molar-refractivity contribution in [2.24, 2.45) is 0 Å². The van der Waals surface area contributed by atoms with Crippen LogP contribution in [0.5, 0.6) is 0 Å². The van der Waals surface area contributed by atoms with Crippen molar-refractivity contribution < 1.29 is 8.42 Å². The summed E-state index contributed by atoms with van der Waals surface area (Å²) in [6.07, 6.45) is 0. The fourth-order valence-corrected chi connectivity index (χ4v) is 2.35. The van der Waals surface area contributed by atoms with Gasteiger partial charge in [-0.15, -0.1) is 0 Å². The highest BCUT2D eigenvalue weighted by Crippen LogP contribution is 2.13. The van der Waals surface area contributed by atoms with E-state index in [0.29, 0.717) is 6.54 Å². The second kappa shape index (κ2) is 6.17. The van der Waals surface area contributed by atoms with Gasteiger partial charge >= 0.3 is 0 Å². The maximum absolute atomic E-state index is 11.3. The smallest absolute Gasteiger partial charge is 0.151 e. The summed E-state index contributed by atoms with van der Waals surface area (Å²) in [5.41, 5.74) is 2.41. The molecule has 0 spiro atoms. The van der Waals surface area contributed by atoms with Crippen LogP contribution in [0, 0.1) is 6.92 Å². The lowest BCUT2D eigenvalue weighted by molar-refractivity contribution is 0.573. The van der Waals surface area contributed by atoms with E-state index >= 15 is 0 Å². The standard InChI is InChI=1S/C13H21NO2S/c1-4-17(15,16)9-8-14-12(3)13-7-5-6-11(2)10-13/h5-7,10,12,14H,4,8-9H2,1-3H3. The van der Waals surface area contributed by atoms with Gasteiger partial charge in [0.1, 0.15) is 0 Å². The van der Waals surface area contributed by atoms with Gasteiger partial charge in [0, 0.05) is 18.3 Å². The number of nitrogens with one attached hydrogen (secondary N) is 1. The van der Waals surface area contributed by atoms with E-state index in [1.165, 1.54) is 11.1 Å². The lowest BCUT2D eigenvalue weighted by Gasteiger charge is -2.14. The van der Waals surface area contributed by atoms with Gasteiger partial charge in [-0.1, -0.05) is 36.8 Å². The summed E-state index contributed by atoms with van der Waals surface area (Å²) in [6, 6.07) is 8.43. The number of benzene rings is 1. The maximum atomic E-state index is 11.3. The predicted octanol–water partition coefficient (Wildman–Crippen LogP) is 2.08. The molecule has 1 aromatic carbocycles. The summed E-state index contributed by atoms with van der Waals surface area (Å²) >= 11 is 0. The molecule has 96 valence electrons. The molecule has 0 saturated heterocycles. The van der Waals surface area contributed by atoms with Crippen LogP contribution in [0.2, 0.25) is 0 Å². The minimum Gasteiger partial charge on any atom is -0.309 e. The highest BCUT2D eigenvalue weighted by atomic mass is 32.2. The summed E-state index contributed by atoms with van der Waals surface area (Å²) in [5.74, 6) is 0.424. The summed E-state index contributed by atoms with van der Waals surface area (Å²) < 4.78 is 22.7. The number of rotatable bonds is 6. The van der Waals surface area contributed by atoms with Crippen molar-refractivity contribution in [2.75, 3.05) is 18.1 Å². The minimum atomic E-state index is -2.87. The summed E-state index contributed by atoms with van der Waals surface area (Å²) in [7, 11) is -2.87. The molecule has 3 nitrogen and oxygen atoms in total. The zero-order valence-corrected chi connectivity index (χ0v) is 11.5. The van der Waals surface area contributed by atoms with Gasteiger partial charge in [0.15, 0.2) is 9.84 Å². The molecule has 0 aromatic heterocycles. The normalized spacial score (nSPS) is 13.6. The Labute approximate surface area is 104 Å². The first-order valence-corrected chi connectivity index (χ1v) is 7.77. The lowest BCUT2D eigenvalue weighted by atomic mass is 10.1. The predicted molar refractivity (Wildman–Crippen MR) is 71.9 cm³/mol. The third-order valence-electron chi connectivity index (χ3n) is 2.85. The molecule has 0 amide bonds. The van der Waals surface area contributed by atoms with Crippen molar-refractivity contribution >= 4 is 9.84 Å². The quantitative estimate of drug-likeness (QED) is 0.846. The third kappa shape index (κ3) is 4.88. The highest BCUT2D eigenvalue weighted by molar-refractivity contribution is 7.91. The van der Waals surface area contributed by atoms with Crippen LogP contribution < -0.4 is 5.32 Å². The first kappa shape index (κ1) is 14.2. The van der Waals surface area contributed by atoms with E-state index in [0.717, 1.165) is 0 Å². The fourth-order valence-electron chi connectivity index (χ4n) is 1.63. The summed E-state index contributed by atoms with van der Waals surface area (Å²) in [4.78, 5) is 0. The van der Waals surface area contributed by atoms with Gasteiger partial charge in [0.25, 0.3) is 0 Å². The molecule has 1 N–H and O–H groups in total. The molecule has 1 unspecified atom stereocenters. The summed E-state index contributed by atoms with van der Waals surface area (Å²) in [6.45, 7) is 6.29. The zero-order chi connectivity index (χ0) is 12.9. The molecule has 0 heterocycles. The van der Waals surface area contributed by atoms with Crippen molar-refractivity contribution in [1.29, 1.82) is 0 Å². The number of aryl methyl sites for hydroxylation is 1. The Balaban J connectivity index is 2.48. The van der Waals surface area contributed by atoms with Gasteiger partial charge in [0.2, 0.25) is 0 Å². The lowest BCUT2D eigenvalue weighted by Crippen LogP contribution is -2.26. The van der Waals surface area contributed by atoms with Crippen molar-refractivity contribution in [3.8, 4) is 0 Å². The number of hydrogen-bond acceptors (Lipinski definition) is 3. The van der Waals surface area contributed by atoms with E-state index in [-0.39, 0.29) is 17.5 Å². The summed E-state index contributed by atoms with van der Waals surface area (Å²) in [5, 5.41) is 3.24. The molecular weight excluding hydrogens is 234 g/mol. The van der Waals surface area contributed by atoms with Gasteiger partial charge in [-0.05, 0) is 19.4 Å². The number of sulfone groups is 1. The molecule has 17 heavy (non-hydrogen) atoms. The van der Waals surface area contributed by atoms with Crippen molar-refractivity contribution in [3.05, 3.63) is 35.4 Å². The van der Waals surface area contributed by atoms with Gasteiger partial charge in [-0.3, -0.25) is 0 Å². The van der Waals surface area contributed by atoms with E-state index in [1.807, 2.05) is 13.0 Å². The van der Waals surface area contributed by atoms with E-state index in [2.05, 4.69) is 30.4 Å². The first-order chi connectivity index (χ1) is 7.94. The third-order valence-corrected chi connectivity index (χ3v) is 4.55. The van der Waals surface area contributed by atoms with Gasteiger partial charge in [-0.25, -0.2) is 8.42 Å². The Morgan fingerprint density at radius 1 is 1.35 bits per heavy atom. The SMILES string of the molecule is CCS(=O)(=O)CCNC(C)c1cccc(C)c1. The molecule has 1 aromatic rings. The minimum absolute atomic E-state index is 0.182. The van der Waals surface area contributed by atoms with E-state index < -0.39 is 9.84 Å². The highest BCUT2D eigenvalue weighted by Gasteiger charge is 2.09. The number of hydrogen-bond donors (Lipinski definition) is 1. The van der Waals surface area contributed by atoms with Crippen LogP contribution >= 0.6 is 0 Å². The molecule has 0 radical (unpaired) electrons. The molecule has 0 saturated carbocycles. The monoisotopic (exact) mass is 255 g/mol. The van der Waals surface area contributed by atoms with Crippen LogP contribution in [-0.4, -0.2) is 26.5 Å². The Kier molecular flexibility index (Phi) is 5.15. The van der Waals surface area contributed by atoms with Crippen molar-refractivity contribution in [3.63, 3.8) is 0 Å². The largest absolute Gasteiger partial charge is 0.309 e. The molecule has 0 aliphatic heterocycles. The van der Waals surface area contributed by atoms with E-state index in [9.17, 15) is 8.42 Å². The molecule has 0 fully saturated rings. The van der Waals surface area contributed by atoms with Gasteiger partial charge in [-0.2, -0.15) is 0 Å².